The summed E-state index contributed by atoms with van der Waals surface area (Å²) >= 11 is 0. The summed E-state index contributed by atoms with van der Waals surface area (Å²) in [5.74, 6) is -5.06. The van der Waals surface area contributed by atoms with E-state index >= 15 is 0 Å². The Morgan fingerprint density at radius 2 is 1.95 bits per heavy atom. The Balaban J connectivity index is 2.17. The van der Waals surface area contributed by atoms with Crippen LogP contribution in [0.4, 0.5) is 24.5 Å². The molecule has 0 aliphatic heterocycles. The fourth-order valence-electron chi connectivity index (χ4n) is 1.75. The van der Waals surface area contributed by atoms with Gasteiger partial charge in [0.05, 0.1) is 16.9 Å². The minimum Gasteiger partial charge on any atom is -0.384 e. The van der Waals surface area contributed by atoms with Crippen molar-refractivity contribution in [3.63, 3.8) is 0 Å². The Bertz CT molecular complexity index is 692. The van der Waals surface area contributed by atoms with Crippen LogP contribution in [0.2, 0.25) is 0 Å². The number of rotatable bonds is 5. The number of aromatic nitrogens is 1. The van der Waals surface area contributed by atoms with E-state index in [1.54, 1.807) is 6.20 Å². The van der Waals surface area contributed by atoms with E-state index in [0.717, 1.165) is 18.6 Å². The molecule has 0 aliphatic rings. The zero-order valence-electron chi connectivity index (χ0n) is 11.8. The molecule has 22 heavy (non-hydrogen) atoms. The first-order chi connectivity index (χ1) is 10.5. The summed E-state index contributed by atoms with van der Waals surface area (Å²) in [4.78, 5) is 15.9. The van der Waals surface area contributed by atoms with Gasteiger partial charge < -0.3 is 10.6 Å². The second kappa shape index (κ2) is 6.93. The van der Waals surface area contributed by atoms with Crippen molar-refractivity contribution < 1.29 is 18.0 Å². The Labute approximate surface area is 125 Å². The molecule has 0 atom stereocenters. The molecule has 4 nitrogen and oxygen atoms in total. The maximum Gasteiger partial charge on any atom is 0.257 e. The predicted molar refractivity (Wildman–Crippen MR) is 77.3 cm³/mol. The fraction of sp³-hybridized carbons (Fsp3) is 0.200. The minimum absolute atomic E-state index is 0.172. The Hall–Kier alpha value is -2.57. The molecule has 0 saturated carbocycles. The highest BCUT2D eigenvalue weighted by atomic mass is 19.2. The molecule has 0 saturated heterocycles. The van der Waals surface area contributed by atoms with Gasteiger partial charge in [0.2, 0.25) is 0 Å². The summed E-state index contributed by atoms with van der Waals surface area (Å²) in [5, 5.41) is 5.24. The molecule has 0 radical (unpaired) electrons. The molecular weight excluding hydrogens is 295 g/mol. The molecule has 0 fully saturated rings. The van der Waals surface area contributed by atoms with Gasteiger partial charge >= 0.3 is 0 Å². The summed E-state index contributed by atoms with van der Waals surface area (Å²) in [7, 11) is 0. The number of halogens is 3. The largest absolute Gasteiger partial charge is 0.384 e. The van der Waals surface area contributed by atoms with E-state index in [1.807, 2.05) is 6.92 Å². The summed E-state index contributed by atoms with van der Waals surface area (Å²) < 4.78 is 39.5. The highest BCUT2D eigenvalue weighted by Crippen LogP contribution is 2.20. The number of anilines is 2. The van der Waals surface area contributed by atoms with Gasteiger partial charge in [-0.15, -0.1) is 0 Å². The topological polar surface area (TPSA) is 54.0 Å². The van der Waals surface area contributed by atoms with Gasteiger partial charge in [0.25, 0.3) is 5.91 Å². The lowest BCUT2D eigenvalue weighted by Gasteiger charge is -2.09. The van der Waals surface area contributed by atoms with Gasteiger partial charge in [-0.1, -0.05) is 6.92 Å². The molecule has 1 amide bonds. The number of pyridine rings is 1. The van der Waals surface area contributed by atoms with Gasteiger partial charge in [-0.2, -0.15) is 0 Å². The van der Waals surface area contributed by atoms with E-state index in [1.165, 1.54) is 12.3 Å². The van der Waals surface area contributed by atoms with Gasteiger partial charge in [0.15, 0.2) is 17.5 Å². The van der Waals surface area contributed by atoms with Gasteiger partial charge in [-0.25, -0.2) is 13.2 Å². The third-order valence-corrected chi connectivity index (χ3v) is 2.86. The average molecular weight is 309 g/mol. The number of hydrogen-bond donors (Lipinski definition) is 2. The van der Waals surface area contributed by atoms with Gasteiger partial charge in [0, 0.05) is 18.9 Å². The van der Waals surface area contributed by atoms with Crippen molar-refractivity contribution in [1.29, 1.82) is 0 Å². The van der Waals surface area contributed by atoms with Crippen LogP contribution in [-0.2, 0) is 0 Å². The van der Waals surface area contributed by atoms with Crippen molar-refractivity contribution in [2.24, 2.45) is 0 Å². The molecule has 1 heterocycles. The lowest BCUT2D eigenvalue weighted by molar-refractivity contribution is 0.102. The van der Waals surface area contributed by atoms with Crippen LogP contribution in [0.15, 0.2) is 30.6 Å². The molecule has 0 unspecified atom stereocenters. The second-order valence-electron chi connectivity index (χ2n) is 4.57. The number of hydrogen-bond acceptors (Lipinski definition) is 3. The van der Waals surface area contributed by atoms with Crippen molar-refractivity contribution >= 4 is 17.3 Å². The quantitative estimate of drug-likeness (QED) is 0.830. The molecule has 7 heteroatoms. The zero-order valence-corrected chi connectivity index (χ0v) is 11.8. The number of amides is 1. The summed E-state index contributed by atoms with van der Waals surface area (Å²) in [6, 6.07) is 3.24. The maximum atomic E-state index is 13.5. The first kappa shape index (κ1) is 15.8. The molecule has 1 aromatic heterocycles. The normalized spacial score (nSPS) is 10.4. The SMILES string of the molecule is CCCNc1cncc(C(=O)Nc2ccc(F)c(F)c2F)c1. The zero-order chi connectivity index (χ0) is 16.1. The third-order valence-electron chi connectivity index (χ3n) is 2.86. The van der Waals surface area contributed by atoms with E-state index in [-0.39, 0.29) is 5.56 Å². The monoisotopic (exact) mass is 309 g/mol. The Kier molecular flexibility index (Phi) is 4.98. The third kappa shape index (κ3) is 3.55. The highest BCUT2D eigenvalue weighted by molar-refractivity contribution is 6.04. The molecule has 0 spiro atoms. The average Bonchev–Trinajstić information content (AvgIpc) is 2.53. The van der Waals surface area contributed by atoms with E-state index in [2.05, 4.69) is 15.6 Å². The van der Waals surface area contributed by atoms with Crippen LogP contribution in [-0.4, -0.2) is 17.4 Å². The van der Waals surface area contributed by atoms with Crippen molar-refractivity contribution in [2.45, 2.75) is 13.3 Å². The van der Waals surface area contributed by atoms with Gasteiger partial charge in [-0.05, 0) is 24.6 Å². The minimum atomic E-state index is -1.63. The number of benzene rings is 1. The number of carbonyl (C=O) groups is 1. The van der Waals surface area contributed by atoms with Crippen LogP contribution in [0.25, 0.3) is 0 Å². The Morgan fingerprint density at radius 1 is 1.18 bits per heavy atom. The van der Waals surface area contributed by atoms with Gasteiger partial charge in [-0.3, -0.25) is 9.78 Å². The molecule has 2 N–H and O–H groups in total. The standard InChI is InChI=1S/C15H14F3N3O/c1-2-5-20-10-6-9(7-19-8-10)15(22)21-12-4-3-11(16)13(17)14(12)18/h3-4,6-8,20H,2,5H2,1H3,(H,21,22). The van der Waals surface area contributed by atoms with E-state index in [0.29, 0.717) is 12.2 Å². The lowest BCUT2D eigenvalue weighted by atomic mass is 10.2. The van der Waals surface area contributed by atoms with Crippen LogP contribution in [0, 0.1) is 17.5 Å². The molecule has 2 rings (SSSR count). The van der Waals surface area contributed by atoms with E-state index in [9.17, 15) is 18.0 Å². The first-order valence-corrected chi connectivity index (χ1v) is 6.66. The molecule has 116 valence electrons. The van der Waals surface area contributed by atoms with Crippen molar-refractivity contribution in [1.82, 2.24) is 4.98 Å². The fourth-order valence-corrected chi connectivity index (χ4v) is 1.75. The number of carbonyl (C=O) groups excluding carboxylic acids is 1. The van der Waals surface area contributed by atoms with Crippen LogP contribution >= 0.6 is 0 Å². The van der Waals surface area contributed by atoms with Crippen molar-refractivity contribution in [3.05, 3.63) is 53.6 Å². The number of nitrogens with one attached hydrogen (secondary N) is 2. The van der Waals surface area contributed by atoms with Crippen molar-refractivity contribution in [3.8, 4) is 0 Å². The smallest absolute Gasteiger partial charge is 0.257 e. The van der Waals surface area contributed by atoms with E-state index in [4.69, 9.17) is 0 Å². The molecule has 2 aromatic rings. The van der Waals surface area contributed by atoms with Crippen molar-refractivity contribution in [2.75, 3.05) is 17.2 Å². The number of nitrogens with zero attached hydrogens (tertiary/aromatic N) is 1. The lowest BCUT2D eigenvalue weighted by Crippen LogP contribution is -2.14. The van der Waals surface area contributed by atoms with Crippen LogP contribution in [0.3, 0.4) is 0 Å². The second-order valence-corrected chi connectivity index (χ2v) is 4.57. The van der Waals surface area contributed by atoms with Gasteiger partial charge in [0.1, 0.15) is 0 Å². The van der Waals surface area contributed by atoms with Crippen LogP contribution in [0.1, 0.15) is 23.7 Å². The maximum absolute atomic E-state index is 13.5. The highest BCUT2D eigenvalue weighted by Gasteiger charge is 2.16. The molecule has 0 aliphatic carbocycles. The molecular formula is C15H14F3N3O. The molecule has 1 aromatic carbocycles. The van der Waals surface area contributed by atoms with Crippen LogP contribution < -0.4 is 10.6 Å². The van der Waals surface area contributed by atoms with Crippen LogP contribution in [0.5, 0.6) is 0 Å². The summed E-state index contributed by atoms with van der Waals surface area (Å²) in [6.45, 7) is 2.70. The molecule has 0 bridgehead atoms. The first-order valence-electron chi connectivity index (χ1n) is 6.66. The predicted octanol–water partition coefficient (Wildman–Crippen LogP) is 3.57. The summed E-state index contributed by atoms with van der Waals surface area (Å²) in [5.41, 5.74) is 0.376. The Morgan fingerprint density at radius 3 is 2.68 bits per heavy atom. The summed E-state index contributed by atoms with van der Waals surface area (Å²) in [6.07, 6.45) is 3.74. The van der Waals surface area contributed by atoms with E-state index < -0.39 is 29.0 Å².